The van der Waals surface area contributed by atoms with Gasteiger partial charge in [0.05, 0.1) is 52.9 Å². The monoisotopic (exact) mass is 658 g/mol. The number of ether oxygens (including phenoxy) is 6. The summed E-state index contributed by atoms with van der Waals surface area (Å²) in [4.78, 5) is 0. The maximum atomic E-state index is 8.49. The zero-order valence-electron chi connectivity index (χ0n) is 23.3. The Morgan fingerprint density at radius 3 is 1.42 bits per heavy atom. The zero-order valence-corrected chi connectivity index (χ0v) is 24.8. The van der Waals surface area contributed by atoms with Gasteiger partial charge >= 0.3 is 0 Å². The Kier molecular flexibility index (Phi) is 20.1. The summed E-state index contributed by atoms with van der Waals surface area (Å²) in [6.07, 6.45) is 8.28. The highest BCUT2D eigenvalue weighted by atomic mass is 35.7. The minimum atomic E-state index is -4.94. The van der Waals surface area contributed by atoms with Crippen molar-refractivity contribution in [3.8, 4) is 11.5 Å². The maximum Gasteiger partial charge on any atom is 0.196 e. The van der Waals surface area contributed by atoms with Crippen LogP contribution in [0, 0.1) is 20.5 Å². The molecule has 3 rings (SSSR count). The van der Waals surface area contributed by atoms with Gasteiger partial charge in [-0.05, 0) is 23.3 Å². The Bertz CT molecular complexity index is 997. The smallest absolute Gasteiger partial charge is 0.196 e. The van der Waals surface area contributed by atoms with E-state index >= 15 is 0 Å². The molecule has 0 aliphatic carbocycles. The van der Waals surface area contributed by atoms with Crippen molar-refractivity contribution in [1.29, 1.82) is 0 Å². The average molecular weight is 659 g/mol. The summed E-state index contributed by atoms with van der Waals surface area (Å²) in [6, 6.07) is 10.1. The number of hydrogen-bond donors (Lipinski definition) is 1. The fraction of sp³-hybridized carbons (Fsp3) is 0.480. The topological polar surface area (TPSA) is 271 Å². The molecule has 0 saturated heterocycles. The Morgan fingerprint density at radius 2 is 0.977 bits per heavy atom. The van der Waals surface area contributed by atoms with Crippen LogP contribution in [-0.2, 0) is 25.5 Å². The largest absolute Gasteiger partial charge is 0.487 e. The van der Waals surface area contributed by atoms with Crippen LogP contribution in [-0.4, -0.2) is 72.6 Å². The maximum absolute atomic E-state index is 8.49. The van der Waals surface area contributed by atoms with E-state index in [1.807, 2.05) is 18.2 Å². The lowest BCUT2D eigenvalue weighted by atomic mass is 10.1. The number of quaternary nitrogens is 1. The van der Waals surface area contributed by atoms with Crippen LogP contribution in [0.15, 0.2) is 42.7 Å². The fourth-order valence-corrected chi connectivity index (χ4v) is 3.15. The van der Waals surface area contributed by atoms with Gasteiger partial charge in [-0.1, -0.05) is 18.2 Å². The van der Waals surface area contributed by atoms with Gasteiger partial charge < -0.3 is 34.2 Å². The second-order valence-corrected chi connectivity index (χ2v) is 9.68. The summed E-state index contributed by atoms with van der Waals surface area (Å²) < 4.78 is 104. The van der Waals surface area contributed by atoms with E-state index < -0.39 is 20.5 Å². The molecular weight excluding hydrogens is 623 g/mol. The van der Waals surface area contributed by atoms with Crippen molar-refractivity contribution in [2.45, 2.75) is 6.54 Å². The van der Waals surface area contributed by atoms with Crippen molar-refractivity contribution in [3.63, 3.8) is 0 Å². The van der Waals surface area contributed by atoms with Crippen LogP contribution in [0.25, 0.3) is 12.2 Å². The molecule has 1 aromatic carbocycles. The van der Waals surface area contributed by atoms with Crippen molar-refractivity contribution in [2.75, 3.05) is 72.6 Å². The SMILES string of the molecule is [NH3+]CC[n+]1ccc(/C=C/c2ccc3c(c2)OCCOCCOCCOCCOCCO3)cc1.[O-][Cl+3]([O-])([O-])[O-].[O-][Cl+3]([O-])([O-])[O-]. The molecule has 244 valence electrons. The minimum Gasteiger partial charge on any atom is -0.487 e. The van der Waals surface area contributed by atoms with E-state index in [0.29, 0.717) is 77.6 Å². The first-order chi connectivity index (χ1) is 20.3. The molecule has 0 fully saturated rings. The summed E-state index contributed by atoms with van der Waals surface area (Å²) >= 11 is 0. The molecule has 0 amide bonds. The van der Waals surface area contributed by atoms with Crippen molar-refractivity contribution in [2.24, 2.45) is 0 Å². The third-order valence-corrected chi connectivity index (χ3v) is 4.86. The summed E-state index contributed by atoms with van der Waals surface area (Å²) in [6.45, 7) is 6.80. The van der Waals surface area contributed by atoms with Crippen LogP contribution in [0.3, 0.4) is 0 Å². The van der Waals surface area contributed by atoms with Crippen molar-refractivity contribution in [1.82, 2.24) is 0 Å². The summed E-state index contributed by atoms with van der Waals surface area (Å²) in [5.74, 6) is 1.37. The van der Waals surface area contributed by atoms with E-state index in [1.54, 1.807) is 0 Å². The second-order valence-electron chi connectivity index (χ2n) is 8.16. The van der Waals surface area contributed by atoms with E-state index in [1.165, 1.54) is 0 Å². The first-order valence-corrected chi connectivity index (χ1v) is 15.2. The third-order valence-electron chi connectivity index (χ3n) is 4.86. The highest BCUT2D eigenvalue weighted by Gasteiger charge is 2.07. The summed E-state index contributed by atoms with van der Waals surface area (Å²) in [7, 11) is -9.89. The van der Waals surface area contributed by atoms with Gasteiger partial charge in [-0.2, -0.15) is 4.57 Å². The van der Waals surface area contributed by atoms with Gasteiger partial charge in [-0.25, -0.2) is 37.3 Å². The number of aromatic nitrogens is 1. The molecule has 0 spiro atoms. The Morgan fingerprint density at radius 1 is 0.581 bits per heavy atom. The van der Waals surface area contributed by atoms with Crippen LogP contribution in [0.5, 0.6) is 11.5 Å². The number of benzene rings is 1. The predicted octanol–water partition coefficient (Wildman–Crippen LogP) is -8.29. The molecule has 1 aromatic heterocycles. The molecule has 0 unspecified atom stereocenters. The predicted molar refractivity (Wildman–Crippen MR) is 124 cm³/mol. The van der Waals surface area contributed by atoms with E-state index in [2.05, 4.69) is 47.0 Å². The molecule has 0 bridgehead atoms. The van der Waals surface area contributed by atoms with Crippen molar-refractivity contribution in [3.05, 3.63) is 53.9 Å². The summed E-state index contributed by atoms with van der Waals surface area (Å²) in [5.41, 5.74) is 6.04. The van der Waals surface area contributed by atoms with Crippen molar-refractivity contribution < 1.29 is 96.5 Å². The first kappa shape index (κ1) is 38.8. The van der Waals surface area contributed by atoms with Gasteiger partial charge in [0.2, 0.25) is 0 Å². The molecule has 43 heavy (non-hydrogen) atoms. The Hall–Kier alpha value is -2.23. The summed E-state index contributed by atoms with van der Waals surface area (Å²) in [5, 5.41) is 0. The third kappa shape index (κ3) is 24.9. The van der Waals surface area contributed by atoms with Crippen LogP contribution >= 0.6 is 0 Å². The average Bonchev–Trinajstić information content (AvgIpc) is 2.91. The second kappa shape index (κ2) is 22.3. The van der Waals surface area contributed by atoms with Gasteiger partial charge in [0, 0.05) is 12.1 Å². The molecule has 0 radical (unpaired) electrons. The van der Waals surface area contributed by atoms with Crippen LogP contribution in [0.2, 0.25) is 0 Å². The van der Waals surface area contributed by atoms with E-state index in [0.717, 1.165) is 24.2 Å². The lowest BCUT2D eigenvalue weighted by molar-refractivity contribution is -2.00. The lowest BCUT2D eigenvalue weighted by Gasteiger charge is -2.17. The Labute approximate surface area is 253 Å². The van der Waals surface area contributed by atoms with Gasteiger partial charge in [0.25, 0.3) is 0 Å². The molecule has 0 atom stereocenters. The lowest BCUT2D eigenvalue weighted by Crippen LogP contribution is -2.68. The molecule has 2 heterocycles. The number of halogens is 2. The normalized spacial score (nSPS) is 16.1. The molecular formula is C25H36Cl2N2O14. The quantitative estimate of drug-likeness (QED) is 0.299. The standard InChI is InChI=1S/C25H35N2O6.2ClHO4/c26-7-10-27-8-5-22(6-9-27)1-2-23-3-4-24-25(21-23)33-20-18-31-16-14-29-12-11-28-13-15-30-17-19-32-24;2*2-1(3,4)5/h1-6,8-9,21H,7,10-20,26H2;2*(H,2,3,4,5)/q+1;;/p-1/b2-1+;;. The highest BCUT2D eigenvalue weighted by Crippen LogP contribution is 2.29. The molecule has 1 aliphatic rings. The number of pyridine rings is 1. The van der Waals surface area contributed by atoms with Gasteiger partial charge in [-0.3, -0.25) is 0 Å². The van der Waals surface area contributed by atoms with E-state index in [-0.39, 0.29) is 0 Å². The first-order valence-electron chi connectivity index (χ1n) is 12.8. The van der Waals surface area contributed by atoms with Crippen LogP contribution in [0.1, 0.15) is 11.1 Å². The zero-order chi connectivity index (χ0) is 32.0. The van der Waals surface area contributed by atoms with Gasteiger partial charge in [-0.15, -0.1) is 20.5 Å². The molecule has 3 N–H and O–H groups in total. The van der Waals surface area contributed by atoms with Crippen molar-refractivity contribution >= 4 is 12.2 Å². The van der Waals surface area contributed by atoms with Crippen LogP contribution in [0.4, 0.5) is 0 Å². The fourth-order valence-electron chi connectivity index (χ4n) is 3.15. The molecule has 0 saturated carbocycles. The van der Waals surface area contributed by atoms with Gasteiger partial charge in [0.1, 0.15) is 19.8 Å². The molecule has 1 aliphatic heterocycles. The van der Waals surface area contributed by atoms with Crippen LogP contribution < -0.4 is 57.0 Å². The van der Waals surface area contributed by atoms with E-state index in [9.17, 15) is 0 Å². The number of hydrogen-bond acceptors (Lipinski definition) is 14. The Balaban J connectivity index is 0.000000798. The minimum absolute atomic E-state index is 0.425. The van der Waals surface area contributed by atoms with Gasteiger partial charge in [0.15, 0.2) is 30.4 Å². The van der Waals surface area contributed by atoms with E-state index in [4.69, 9.17) is 65.7 Å². The number of fused-ring (bicyclic) bond motifs is 1. The highest BCUT2D eigenvalue weighted by molar-refractivity contribution is 5.70. The molecule has 16 nitrogen and oxygen atoms in total. The molecule has 2 aromatic rings. The molecule has 18 heteroatoms. The number of nitrogens with zero attached hydrogens (tertiary/aromatic N) is 1. The number of rotatable bonds is 4.